The molecule has 1 unspecified atom stereocenters. The number of amidine groups is 1. The normalized spacial score (nSPS) is 14.7. The molecule has 2 aromatic rings. The summed E-state index contributed by atoms with van der Waals surface area (Å²) in [5.74, 6) is 0.437. The number of anilines is 1. The summed E-state index contributed by atoms with van der Waals surface area (Å²) in [6.45, 7) is 6.08. The molecule has 1 saturated heterocycles. The second kappa shape index (κ2) is 12.3. The molecule has 0 radical (unpaired) electrons. The molecule has 32 heavy (non-hydrogen) atoms. The number of ether oxygens (including phenoxy) is 2. The molecule has 8 heteroatoms. The van der Waals surface area contributed by atoms with Gasteiger partial charge in [0.05, 0.1) is 6.61 Å². The first-order valence-corrected chi connectivity index (χ1v) is 10.9. The molecule has 1 fully saturated rings. The van der Waals surface area contributed by atoms with E-state index in [2.05, 4.69) is 23.6 Å². The van der Waals surface area contributed by atoms with Crippen molar-refractivity contribution in [2.75, 3.05) is 25.0 Å². The Morgan fingerprint density at radius 2 is 1.88 bits per heavy atom. The number of nitrogen functional groups attached to an aromatic ring is 1. The third-order valence-electron chi connectivity index (χ3n) is 5.35. The van der Waals surface area contributed by atoms with Crippen molar-refractivity contribution in [3.63, 3.8) is 0 Å². The summed E-state index contributed by atoms with van der Waals surface area (Å²) < 4.78 is 11.6. The summed E-state index contributed by atoms with van der Waals surface area (Å²) in [7, 11) is 0. The van der Waals surface area contributed by atoms with Crippen LogP contribution < -0.4 is 21.1 Å². The molecule has 1 heterocycles. The molecule has 174 valence electrons. The predicted molar refractivity (Wildman–Crippen MR) is 130 cm³/mol. The SMILES string of the molecule is CCOC(=O)C(Nc1ccc(C(=N)N)cc1)c1cc(CC)cc(OC2CCNCC2)c1.Cl. The summed E-state index contributed by atoms with van der Waals surface area (Å²) in [6.07, 6.45) is 2.94. The number of hydrogen-bond acceptors (Lipinski definition) is 6. The fourth-order valence-electron chi connectivity index (χ4n) is 3.65. The van der Waals surface area contributed by atoms with Crippen molar-refractivity contribution in [3.05, 3.63) is 59.2 Å². The van der Waals surface area contributed by atoms with E-state index < -0.39 is 6.04 Å². The number of halogens is 1. The molecule has 1 atom stereocenters. The lowest BCUT2D eigenvalue weighted by Crippen LogP contribution is -2.34. The number of piperidine rings is 1. The van der Waals surface area contributed by atoms with Gasteiger partial charge in [0.25, 0.3) is 0 Å². The summed E-state index contributed by atoms with van der Waals surface area (Å²) in [5, 5.41) is 14.2. The standard InChI is InChI=1S/C24H32N4O3.ClH/c1-3-16-13-18(15-21(14-16)31-20-9-11-27-12-10-20)22(24(29)30-4-2)28-19-7-5-17(6-8-19)23(25)26;/h5-8,13-15,20,22,27-28H,3-4,9-12H2,1-2H3,(H3,25,26);1H. The molecule has 1 aliphatic rings. The minimum absolute atomic E-state index is 0. The Hall–Kier alpha value is -2.77. The van der Waals surface area contributed by atoms with Crippen molar-refractivity contribution < 1.29 is 14.3 Å². The van der Waals surface area contributed by atoms with E-state index in [-0.39, 0.29) is 30.3 Å². The second-order valence-corrected chi connectivity index (χ2v) is 7.65. The van der Waals surface area contributed by atoms with Crippen LogP contribution in [0.5, 0.6) is 5.75 Å². The molecule has 0 bridgehead atoms. The van der Waals surface area contributed by atoms with Gasteiger partial charge in [-0.05, 0) is 86.8 Å². The quantitative estimate of drug-likeness (QED) is 0.257. The highest BCUT2D eigenvalue weighted by Gasteiger charge is 2.24. The van der Waals surface area contributed by atoms with Crippen LogP contribution in [0.4, 0.5) is 5.69 Å². The Bertz CT molecular complexity index is 899. The van der Waals surface area contributed by atoms with Gasteiger partial charge in [-0.15, -0.1) is 12.4 Å². The van der Waals surface area contributed by atoms with E-state index in [9.17, 15) is 4.79 Å². The van der Waals surface area contributed by atoms with E-state index in [0.717, 1.165) is 54.9 Å². The minimum atomic E-state index is -0.676. The van der Waals surface area contributed by atoms with Crippen molar-refractivity contribution in [1.82, 2.24) is 5.32 Å². The van der Waals surface area contributed by atoms with Gasteiger partial charge in [0.1, 0.15) is 17.7 Å². The second-order valence-electron chi connectivity index (χ2n) is 7.65. The van der Waals surface area contributed by atoms with E-state index in [1.54, 1.807) is 31.2 Å². The molecule has 7 nitrogen and oxygen atoms in total. The predicted octanol–water partition coefficient (Wildman–Crippen LogP) is 3.80. The lowest BCUT2D eigenvalue weighted by Gasteiger charge is -2.25. The Morgan fingerprint density at radius 1 is 1.19 bits per heavy atom. The van der Waals surface area contributed by atoms with Gasteiger partial charge in [-0.2, -0.15) is 0 Å². The lowest BCUT2D eigenvalue weighted by atomic mass is 10.0. The van der Waals surface area contributed by atoms with Crippen LogP contribution >= 0.6 is 12.4 Å². The number of carbonyl (C=O) groups is 1. The van der Waals surface area contributed by atoms with Crippen LogP contribution in [0.1, 0.15) is 49.4 Å². The van der Waals surface area contributed by atoms with Crippen LogP contribution in [-0.4, -0.2) is 37.6 Å². The summed E-state index contributed by atoms with van der Waals surface area (Å²) >= 11 is 0. The first-order valence-electron chi connectivity index (χ1n) is 10.9. The maximum Gasteiger partial charge on any atom is 0.333 e. The van der Waals surface area contributed by atoms with Crippen LogP contribution in [0.15, 0.2) is 42.5 Å². The zero-order valence-electron chi connectivity index (χ0n) is 18.6. The summed E-state index contributed by atoms with van der Waals surface area (Å²) in [4.78, 5) is 12.8. The molecule has 5 N–H and O–H groups in total. The third kappa shape index (κ3) is 6.87. The van der Waals surface area contributed by atoms with Crippen molar-refractivity contribution >= 4 is 29.9 Å². The first-order chi connectivity index (χ1) is 15.0. The van der Waals surface area contributed by atoms with Gasteiger partial charge in [-0.1, -0.05) is 13.0 Å². The number of aryl methyl sites for hydroxylation is 1. The van der Waals surface area contributed by atoms with E-state index in [0.29, 0.717) is 12.2 Å². The van der Waals surface area contributed by atoms with Gasteiger partial charge in [0, 0.05) is 11.3 Å². The van der Waals surface area contributed by atoms with Gasteiger partial charge in [-0.3, -0.25) is 5.41 Å². The number of carbonyl (C=O) groups excluding carboxylic acids is 1. The highest BCUT2D eigenvalue weighted by molar-refractivity contribution is 5.95. The van der Waals surface area contributed by atoms with Crippen LogP contribution in [0, 0.1) is 5.41 Å². The molecule has 0 spiro atoms. The highest BCUT2D eigenvalue weighted by Crippen LogP contribution is 2.28. The molecule has 3 rings (SSSR count). The van der Waals surface area contributed by atoms with Crippen LogP contribution in [0.3, 0.4) is 0 Å². The Labute approximate surface area is 196 Å². The molecular weight excluding hydrogens is 428 g/mol. The molecule has 0 amide bonds. The first kappa shape index (κ1) is 25.5. The van der Waals surface area contributed by atoms with E-state index in [1.807, 2.05) is 12.1 Å². The van der Waals surface area contributed by atoms with Crippen molar-refractivity contribution in [3.8, 4) is 5.75 Å². The zero-order chi connectivity index (χ0) is 22.2. The van der Waals surface area contributed by atoms with Crippen molar-refractivity contribution in [2.24, 2.45) is 5.73 Å². The van der Waals surface area contributed by atoms with Crippen LogP contribution in [-0.2, 0) is 16.0 Å². The fourth-order valence-corrected chi connectivity index (χ4v) is 3.65. The van der Waals surface area contributed by atoms with Gasteiger partial charge < -0.3 is 25.8 Å². The lowest BCUT2D eigenvalue weighted by molar-refractivity contribution is -0.144. The van der Waals surface area contributed by atoms with Gasteiger partial charge >= 0.3 is 5.97 Å². The van der Waals surface area contributed by atoms with Crippen molar-refractivity contribution in [2.45, 2.75) is 45.3 Å². The van der Waals surface area contributed by atoms with E-state index >= 15 is 0 Å². The average molecular weight is 461 g/mol. The number of rotatable bonds is 9. The third-order valence-corrected chi connectivity index (χ3v) is 5.35. The maximum atomic E-state index is 12.8. The smallest absolute Gasteiger partial charge is 0.333 e. The molecular formula is C24H33ClN4O3. The van der Waals surface area contributed by atoms with Gasteiger partial charge in [0.2, 0.25) is 0 Å². The van der Waals surface area contributed by atoms with E-state index in [4.69, 9.17) is 20.6 Å². The van der Waals surface area contributed by atoms with E-state index in [1.165, 1.54) is 0 Å². The van der Waals surface area contributed by atoms with Crippen LogP contribution in [0.2, 0.25) is 0 Å². The number of esters is 1. The summed E-state index contributed by atoms with van der Waals surface area (Å²) in [5.41, 5.74) is 8.81. The largest absolute Gasteiger partial charge is 0.490 e. The zero-order valence-corrected chi connectivity index (χ0v) is 19.5. The number of hydrogen-bond donors (Lipinski definition) is 4. The summed E-state index contributed by atoms with van der Waals surface area (Å²) in [6, 6.07) is 12.4. The molecule has 1 aliphatic heterocycles. The Morgan fingerprint density at radius 3 is 2.47 bits per heavy atom. The maximum absolute atomic E-state index is 12.8. The molecule has 0 aliphatic carbocycles. The van der Waals surface area contributed by atoms with Gasteiger partial charge in [0.15, 0.2) is 6.04 Å². The molecule has 0 saturated carbocycles. The minimum Gasteiger partial charge on any atom is -0.490 e. The Kier molecular flexibility index (Phi) is 9.81. The monoisotopic (exact) mass is 460 g/mol. The van der Waals surface area contributed by atoms with Gasteiger partial charge in [-0.25, -0.2) is 4.79 Å². The topological polar surface area (TPSA) is 109 Å². The number of nitrogens with one attached hydrogen (secondary N) is 3. The molecule has 0 aromatic heterocycles. The Balaban J connectivity index is 0.00000363. The van der Waals surface area contributed by atoms with Crippen LogP contribution in [0.25, 0.3) is 0 Å². The van der Waals surface area contributed by atoms with Crippen molar-refractivity contribution in [1.29, 1.82) is 5.41 Å². The fraction of sp³-hybridized carbons (Fsp3) is 0.417. The highest BCUT2D eigenvalue weighted by atomic mass is 35.5. The average Bonchev–Trinajstić information content (AvgIpc) is 2.78. The molecule has 2 aromatic carbocycles. The number of nitrogens with two attached hydrogens (primary N) is 1. The number of benzene rings is 2.